The fourth-order valence-corrected chi connectivity index (χ4v) is 2.46. The van der Waals surface area contributed by atoms with Crippen LogP contribution >= 0.6 is 0 Å². The van der Waals surface area contributed by atoms with Crippen molar-refractivity contribution in [1.82, 2.24) is 20.5 Å². The van der Waals surface area contributed by atoms with Crippen molar-refractivity contribution >= 4 is 5.91 Å². The maximum atomic E-state index is 12.4. The first-order chi connectivity index (χ1) is 12.4. The van der Waals surface area contributed by atoms with Crippen molar-refractivity contribution in [3.63, 3.8) is 0 Å². The molecule has 0 aliphatic heterocycles. The van der Waals surface area contributed by atoms with Gasteiger partial charge in [-0.05, 0) is 26.0 Å². The van der Waals surface area contributed by atoms with E-state index in [1.54, 1.807) is 13.8 Å². The second kappa shape index (κ2) is 7.51. The fourth-order valence-electron chi connectivity index (χ4n) is 2.46. The van der Waals surface area contributed by atoms with Gasteiger partial charge in [-0.25, -0.2) is 4.98 Å². The molecule has 0 saturated heterocycles. The molecule has 0 unspecified atom stereocenters. The van der Waals surface area contributed by atoms with Crippen molar-refractivity contribution < 1.29 is 13.6 Å². The molecule has 1 amide bonds. The number of amides is 1. The zero-order valence-electron chi connectivity index (χ0n) is 15.3. The maximum Gasteiger partial charge on any atom is 0.238 e. The third-order valence-corrected chi connectivity index (χ3v) is 3.94. The van der Waals surface area contributed by atoms with E-state index in [-0.39, 0.29) is 24.3 Å². The van der Waals surface area contributed by atoms with Crippen LogP contribution in [0.1, 0.15) is 56.0 Å². The van der Waals surface area contributed by atoms with E-state index < -0.39 is 0 Å². The summed E-state index contributed by atoms with van der Waals surface area (Å²) >= 11 is 0. The van der Waals surface area contributed by atoms with Gasteiger partial charge in [0.25, 0.3) is 0 Å². The zero-order valence-corrected chi connectivity index (χ0v) is 15.3. The van der Waals surface area contributed by atoms with Gasteiger partial charge < -0.3 is 14.2 Å². The molecule has 7 nitrogen and oxygen atoms in total. The van der Waals surface area contributed by atoms with Crippen molar-refractivity contribution in [2.24, 2.45) is 0 Å². The van der Waals surface area contributed by atoms with Crippen LogP contribution in [-0.2, 0) is 11.2 Å². The summed E-state index contributed by atoms with van der Waals surface area (Å²) in [7, 11) is 0. The Kier molecular flexibility index (Phi) is 5.16. The first-order valence-corrected chi connectivity index (χ1v) is 8.58. The summed E-state index contributed by atoms with van der Waals surface area (Å²) in [5.74, 6) is 2.06. The van der Waals surface area contributed by atoms with Gasteiger partial charge >= 0.3 is 0 Å². The van der Waals surface area contributed by atoms with Gasteiger partial charge in [0.1, 0.15) is 11.8 Å². The van der Waals surface area contributed by atoms with Crippen LogP contribution in [-0.4, -0.2) is 21.1 Å². The highest BCUT2D eigenvalue weighted by Gasteiger charge is 2.20. The monoisotopic (exact) mass is 354 g/mol. The van der Waals surface area contributed by atoms with Gasteiger partial charge in [0, 0.05) is 11.5 Å². The number of carbonyl (C=O) groups is 1. The molecule has 3 aromatic rings. The van der Waals surface area contributed by atoms with Crippen molar-refractivity contribution in [1.29, 1.82) is 0 Å². The number of aryl methyl sites for hydroxylation is 1. The van der Waals surface area contributed by atoms with E-state index in [9.17, 15) is 4.79 Å². The lowest BCUT2D eigenvalue weighted by Gasteiger charge is -2.09. The van der Waals surface area contributed by atoms with Crippen LogP contribution in [0.3, 0.4) is 0 Å². The van der Waals surface area contributed by atoms with Crippen LogP contribution in [0.2, 0.25) is 0 Å². The molecule has 0 aliphatic rings. The number of nitrogens with zero attached hydrogens (tertiary/aromatic N) is 3. The molecule has 3 rings (SSSR count). The number of rotatable bonds is 6. The SMILES string of the molecule is Cc1oc(-c2ccccc2)nc1CC(=O)N[C@H](C)c1nnc(C(C)C)o1. The van der Waals surface area contributed by atoms with Gasteiger partial charge in [-0.3, -0.25) is 4.79 Å². The molecule has 0 saturated carbocycles. The molecule has 2 heterocycles. The van der Waals surface area contributed by atoms with Gasteiger partial charge in [0.15, 0.2) is 0 Å². The Labute approximate surface area is 151 Å². The number of benzene rings is 1. The maximum absolute atomic E-state index is 12.4. The topological polar surface area (TPSA) is 94.1 Å². The van der Waals surface area contributed by atoms with Crippen molar-refractivity contribution in [3.8, 4) is 11.5 Å². The summed E-state index contributed by atoms with van der Waals surface area (Å²) in [5.41, 5.74) is 1.49. The van der Waals surface area contributed by atoms with E-state index in [1.165, 1.54) is 0 Å². The Morgan fingerprint density at radius 2 is 1.77 bits per heavy atom. The van der Waals surface area contributed by atoms with Gasteiger partial charge in [-0.2, -0.15) is 0 Å². The number of aromatic nitrogens is 3. The molecule has 0 aliphatic carbocycles. The molecule has 1 N–H and O–H groups in total. The van der Waals surface area contributed by atoms with E-state index in [2.05, 4.69) is 20.5 Å². The lowest BCUT2D eigenvalue weighted by atomic mass is 10.2. The van der Waals surface area contributed by atoms with E-state index in [4.69, 9.17) is 8.83 Å². The Morgan fingerprint density at radius 1 is 1.08 bits per heavy atom. The third-order valence-electron chi connectivity index (χ3n) is 3.94. The molecule has 0 fully saturated rings. The average Bonchev–Trinajstić information content (AvgIpc) is 3.23. The van der Waals surface area contributed by atoms with Gasteiger partial charge in [-0.1, -0.05) is 32.0 Å². The lowest BCUT2D eigenvalue weighted by molar-refractivity contribution is -0.121. The molecule has 136 valence electrons. The number of hydrogen-bond donors (Lipinski definition) is 1. The second-order valence-electron chi connectivity index (χ2n) is 6.49. The highest BCUT2D eigenvalue weighted by atomic mass is 16.4. The minimum Gasteiger partial charge on any atom is -0.441 e. The molecule has 7 heteroatoms. The summed E-state index contributed by atoms with van der Waals surface area (Å²) in [4.78, 5) is 16.8. The molecular formula is C19H22N4O3. The zero-order chi connectivity index (χ0) is 18.7. The van der Waals surface area contributed by atoms with Crippen LogP contribution in [0.5, 0.6) is 0 Å². The van der Waals surface area contributed by atoms with Crippen LogP contribution in [0.4, 0.5) is 0 Å². The Balaban J connectivity index is 1.65. The van der Waals surface area contributed by atoms with Gasteiger partial charge in [0.2, 0.25) is 23.6 Å². The van der Waals surface area contributed by atoms with Crippen molar-refractivity contribution in [2.45, 2.75) is 46.1 Å². The second-order valence-corrected chi connectivity index (χ2v) is 6.49. The summed E-state index contributed by atoms with van der Waals surface area (Å²) < 4.78 is 11.3. The number of carbonyl (C=O) groups excluding carboxylic acids is 1. The smallest absolute Gasteiger partial charge is 0.238 e. The Hall–Kier alpha value is -2.96. The highest BCUT2D eigenvalue weighted by molar-refractivity contribution is 5.78. The van der Waals surface area contributed by atoms with E-state index >= 15 is 0 Å². The lowest BCUT2D eigenvalue weighted by Crippen LogP contribution is -2.28. The molecule has 2 aromatic heterocycles. The minimum absolute atomic E-state index is 0.123. The van der Waals surface area contributed by atoms with Crippen LogP contribution in [0.25, 0.3) is 11.5 Å². The van der Waals surface area contributed by atoms with Crippen LogP contribution < -0.4 is 5.32 Å². The standard InChI is InChI=1S/C19H22N4O3/c1-11(2)17-22-23-18(26-17)12(3)20-16(24)10-15-13(4)25-19(21-15)14-8-6-5-7-9-14/h5-9,11-12H,10H2,1-4H3,(H,20,24)/t12-/m1/s1. The molecule has 0 spiro atoms. The summed E-state index contributed by atoms with van der Waals surface area (Å²) in [6.45, 7) is 7.55. The fraction of sp³-hybridized carbons (Fsp3) is 0.368. The molecule has 1 atom stereocenters. The number of hydrogen-bond acceptors (Lipinski definition) is 6. The minimum atomic E-state index is -0.372. The van der Waals surface area contributed by atoms with E-state index in [0.29, 0.717) is 29.1 Å². The van der Waals surface area contributed by atoms with Gasteiger partial charge in [-0.15, -0.1) is 10.2 Å². The first kappa shape index (κ1) is 17.8. The molecule has 1 aromatic carbocycles. The van der Waals surface area contributed by atoms with Crippen LogP contribution in [0.15, 0.2) is 39.2 Å². The average molecular weight is 354 g/mol. The molecule has 0 bridgehead atoms. The van der Waals surface area contributed by atoms with Crippen molar-refractivity contribution in [3.05, 3.63) is 53.6 Å². The molecular weight excluding hydrogens is 332 g/mol. The summed E-state index contributed by atoms with van der Waals surface area (Å²) in [6, 6.07) is 9.22. The normalized spacial score (nSPS) is 12.3. The Morgan fingerprint density at radius 3 is 2.42 bits per heavy atom. The molecule has 26 heavy (non-hydrogen) atoms. The van der Waals surface area contributed by atoms with Gasteiger partial charge in [0.05, 0.1) is 12.1 Å². The summed E-state index contributed by atoms with van der Waals surface area (Å²) in [5, 5.41) is 10.8. The van der Waals surface area contributed by atoms with E-state index in [0.717, 1.165) is 5.56 Å². The quantitative estimate of drug-likeness (QED) is 0.727. The van der Waals surface area contributed by atoms with Crippen LogP contribution in [0, 0.1) is 6.92 Å². The predicted octanol–water partition coefficient (Wildman–Crippen LogP) is 3.58. The molecule has 0 radical (unpaired) electrons. The summed E-state index contributed by atoms with van der Waals surface area (Å²) in [6.07, 6.45) is 0.123. The Bertz CT molecular complexity index is 883. The highest BCUT2D eigenvalue weighted by Crippen LogP contribution is 2.22. The largest absolute Gasteiger partial charge is 0.441 e. The number of nitrogens with one attached hydrogen (secondary N) is 1. The first-order valence-electron chi connectivity index (χ1n) is 8.58. The third kappa shape index (κ3) is 3.99. The van der Waals surface area contributed by atoms with E-state index in [1.807, 2.05) is 44.2 Å². The predicted molar refractivity (Wildman–Crippen MR) is 95.3 cm³/mol. The number of oxazole rings is 1. The van der Waals surface area contributed by atoms with Crippen molar-refractivity contribution in [2.75, 3.05) is 0 Å².